The average molecular weight is 660 g/mol. The van der Waals surface area contributed by atoms with E-state index in [1.165, 1.54) is 38.5 Å². The zero-order valence-electron chi connectivity index (χ0n) is 29.2. The highest BCUT2D eigenvalue weighted by Gasteiger charge is 2.38. The number of hydrogen-bond donors (Lipinski definition) is 0. The molecular weight excluding hydrogens is 623 g/mol. The van der Waals surface area contributed by atoms with Gasteiger partial charge in [-0.05, 0) is 71.8 Å². The summed E-state index contributed by atoms with van der Waals surface area (Å²) in [4.78, 5) is 14.7. The van der Waals surface area contributed by atoms with Crippen molar-refractivity contribution in [3.8, 4) is 5.82 Å². The Morgan fingerprint density at radius 1 is 0.490 bits per heavy atom. The molecule has 5 heterocycles. The minimum Gasteiger partial charge on any atom is -0.310 e. The van der Waals surface area contributed by atoms with E-state index in [9.17, 15) is 0 Å². The molecule has 0 aliphatic carbocycles. The summed E-state index contributed by atoms with van der Waals surface area (Å²) < 4.78 is 2.39. The molecule has 2 aliphatic rings. The first kappa shape index (κ1) is 29.7. The van der Waals surface area contributed by atoms with Crippen LogP contribution in [0.2, 0.25) is 0 Å². The number of para-hydroxylation sites is 3. The molecule has 8 aromatic rings. The quantitative estimate of drug-likeness (QED) is 0.188. The number of anilines is 6. The van der Waals surface area contributed by atoms with Gasteiger partial charge in [0.25, 0.3) is 0 Å². The van der Waals surface area contributed by atoms with Crippen LogP contribution in [0.25, 0.3) is 27.6 Å². The van der Waals surface area contributed by atoms with Gasteiger partial charge in [-0.2, -0.15) is 0 Å². The summed E-state index contributed by atoms with van der Waals surface area (Å²) in [7, 11) is 0. The smallest absolute Gasteiger partial charge is 0.141 e. The van der Waals surface area contributed by atoms with E-state index in [0.717, 1.165) is 45.6 Å². The van der Waals surface area contributed by atoms with E-state index in [4.69, 9.17) is 9.97 Å². The highest BCUT2D eigenvalue weighted by molar-refractivity contribution is 6.12. The Bertz CT molecular complexity index is 2620. The SMILES string of the molecule is CC1(C)c2ccccc2N(c2cccc(N(c3ccccc3)c3ccc4c5cccc6c5n(c4c3)-c3ncccc3C6(C)C)c2)c2ncccc21. The molecule has 0 atom stereocenters. The average Bonchev–Trinajstić information content (AvgIpc) is 3.49. The van der Waals surface area contributed by atoms with Crippen LogP contribution in [-0.2, 0) is 10.8 Å². The highest BCUT2D eigenvalue weighted by atomic mass is 15.2. The fourth-order valence-electron chi connectivity index (χ4n) is 8.70. The van der Waals surface area contributed by atoms with E-state index in [1.54, 1.807) is 0 Å². The molecule has 0 N–H and O–H groups in total. The van der Waals surface area contributed by atoms with Crippen molar-refractivity contribution in [2.45, 2.75) is 38.5 Å². The predicted octanol–water partition coefficient (Wildman–Crippen LogP) is 11.8. The summed E-state index contributed by atoms with van der Waals surface area (Å²) in [5.74, 6) is 1.97. The second kappa shape index (κ2) is 10.6. The topological polar surface area (TPSA) is 37.2 Å². The molecule has 0 bridgehead atoms. The van der Waals surface area contributed by atoms with Gasteiger partial charge < -0.3 is 4.90 Å². The molecule has 10 rings (SSSR count). The fourth-order valence-corrected chi connectivity index (χ4v) is 8.70. The fraction of sp³-hybridized carbons (Fsp3) is 0.130. The maximum Gasteiger partial charge on any atom is 0.141 e. The largest absolute Gasteiger partial charge is 0.310 e. The summed E-state index contributed by atoms with van der Waals surface area (Å²) in [6.07, 6.45) is 3.82. The number of pyridine rings is 2. The molecule has 0 saturated carbocycles. The first-order valence-electron chi connectivity index (χ1n) is 17.7. The molecule has 0 unspecified atom stereocenters. The lowest BCUT2D eigenvalue weighted by Gasteiger charge is -2.41. The van der Waals surface area contributed by atoms with Crippen LogP contribution >= 0.6 is 0 Å². The maximum atomic E-state index is 5.00. The molecule has 3 aromatic heterocycles. The molecule has 51 heavy (non-hydrogen) atoms. The van der Waals surface area contributed by atoms with Crippen molar-refractivity contribution in [2.24, 2.45) is 0 Å². The minimum atomic E-state index is -0.177. The summed E-state index contributed by atoms with van der Waals surface area (Å²) in [6, 6.07) is 50.4. The van der Waals surface area contributed by atoms with Gasteiger partial charge in [-0.15, -0.1) is 0 Å². The summed E-state index contributed by atoms with van der Waals surface area (Å²) in [6.45, 7) is 9.22. The Labute approximate surface area is 298 Å². The molecule has 246 valence electrons. The minimum absolute atomic E-state index is 0.164. The third kappa shape index (κ3) is 4.15. The van der Waals surface area contributed by atoms with Crippen molar-refractivity contribution in [1.29, 1.82) is 0 Å². The van der Waals surface area contributed by atoms with Gasteiger partial charge in [0, 0.05) is 67.9 Å². The highest BCUT2D eigenvalue weighted by Crippen LogP contribution is 2.52. The van der Waals surface area contributed by atoms with Crippen molar-refractivity contribution in [2.75, 3.05) is 9.80 Å². The number of nitrogens with zero attached hydrogens (tertiary/aromatic N) is 5. The van der Waals surface area contributed by atoms with Crippen molar-refractivity contribution >= 4 is 56.1 Å². The molecule has 2 aliphatic heterocycles. The van der Waals surface area contributed by atoms with Gasteiger partial charge in [-0.25, -0.2) is 9.97 Å². The molecular formula is C46H37N5. The normalized spacial score (nSPS) is 14.9. The number of aromatic nitrogens is 3. The predicted molar refractivity (Wildman–Crippen MR) is 210 cm³/mol. The Balaban J connectivity index is 1.19. The maximum absolute atomic E-state index is 5.00. The van der Waals surface area contributed by atoms with Crippen LogP contribution in [0.4, 0.5) is 34.3 Å². The third-order valence-electron chi connectivity index (χ3n) is 11.2. The molecule has 5 heteroatoms. The van der Waals surface area contributed by atoms with Gasteiger partial charge in [-0.3, -0.25) is 9.47 Å². The standard InChI is InChI=1S/C46H37N5/c1-45(2)36-19-8-9-23-40(36)50(43-38(45)21-12-26-47-43)32-17-10-16-31(28-32)49(30-14-6-5-7-15-30)33-24-25-34-35-18-11-20-37-42(35)51(41(34)29-33)44-39(46(37,3)4)22-13-27-48-44/h5-29H,1-4H3. The molecule has 0 radical (unpaired) electrons. The molecule has 0 spiro atoms. The molecule has 0 saturated heterocycles. The second-order valence-corrected chi connectivity index (χ2v) is 14.8. The van der Waals surface area contributed by atoms with Crippen LogP contribution in [0.3, 0.4) is 0 Å². The van der Waals surface area contributed by atoms with E-state index in [-0.39, 0.29) is 10.8 Å². The van der Waals surface area contributed by atoms with Crippen LogP contribution < -0.4 is 9.80 Å². The molecule has 5 aromatic carbocycles. The van der Waals surface area contributed by atoms with Crippen molar-refractivity contribution < 1.29 is 0 Å². The van der Waals surface area contributed by atoms with Crippen molar-refractivity contribution in [3.63, 3.8) is 0 Å². The first-order valence-corrected chi connectivity index (χ1v) is 17.7. The monoisotopic (exact) mass is 659 g/mol. The van der Waals surface area contributed by atoms with E-state index in [1.807, 2.05) is 18.5 Å². The van der Waals surface area contributed by atoms with Gasteiger partial charge in [0.05, 0.1) is 16.7 Å². The van der Waals surface area contributed by atoms with Gasteiger partial charge in [0.15, 0.2) is 0 Å². The zero-order chi connectivity index (χ0) is 34.5. The summed E-state index contributed by atoms with van der Waals surface area (Å²) in [5.41, 5.74) is 12.5. The lowest BCUT2D eigenvalue weighted by atomic mass is 9.74. The number of hydrogen-bond acceptors (Lipinski definition) is 4. The number of fused-ring (bicyclic) bond motifs is 7. The van der Waals surface area contributed by atoms with Crippen LogP contribution in [0.5, 0.6) is 0 Å². The summed E-state index contributed by atoms with van der Waals surface area (Å²) >= 11 is 0. The van der Waals surface area contributed by atoms with Crippen molar-refractivity contribution in [3.05, 3.63) is 174 Å². The lowest BCUT2D eigenvalue weighted by molar-refractivity contribution is 0.624. The van der Waals surface area contributed by atoms with Gasteiger partial charge in [0.2, 0.25) is 0 Å². The number of rotatable bonds is 4. The Hall–Kier alpha value is -6.20. The van der Waals surface area contributed by atoms with Gasteiger partial charge in [-0.1, -0.05) is 107 Å². The van der Waals surface area contributed by atoms with Crippen molar-refractivity contribution in [1.82, 2.24) is 14.5 Å². The number of benzene rings is 5. The third-order valence-corrected chi connectivity index (χ3v) is 11.2. The van der Waals surface area contributed by atoms with Crippen LogP contribution in [0.1, 0.15) is 49.9 Å². The Kier molecular flexibility index (Phi) is 6.20. The first-order chi connectivity index (χ1) is 24.8. The molecule has 5 nitrogen and oxygen atoms in total. The van der Waals surface area contributed by atoms with Gasteiger partial charge in [0.1, 0.15) is 11.6 Å². The van der Waals surface area contributed by atoms with E-state index in [0.29, 0.717) is 0 Å². The second-order valence-electron chi connectivity index (χ2n) is 14.8. The van der Waals surface area contributed by atoms with Crippen LogP contribution in [0.15, 0.2) is 152 Å². The van der Waals surface area contributed by atoms with Gasteiger partial charge >= 0.3 is 0 Å². The zero-order valence-corrected chi connectivity index (χ0v) is 29.2. The van der Waals surface area contributed by atoms with E-state index < -0.39 is 0 Å². The summed E-state index contributed by atoms with van der Waals surface area (Å²) in [5, 5.41) is 2.48. The molecule has 0 fully saturated rings. The van der Waals surface area contributed by atoms with E-state index >= 15 is 0 Å². The Morgan fingerprint density at radius 2 is 1.12 bits per heavy atom. The lowest BCUT2D eigenvalue weighted by Crippen LogP contribution is -2.31. The van der Waals surface area contributed by atoms with E-state index in [2.05, 4.69) is 176 Å². The van der Waals surface area contributed by atoms with Crippen LogP contribution in [0, 0.1) is 0 Å². The molecule has 0 amide bonds. The Morgan fingerprint density at radius 3 is 1.94 bits per heavy atom. The van der Waals surface area contributed by atoms with Crippen LogP contribution in [-0.4, -0.2) is 14.5 Å².